The highest BCUT2D eigenvalue weighted by Gasteiger charge is 2.16. The first-order valence-electron chi connectivity index (χ1n) is 7.01. The Hall–Kier alpha value is -1.26. The summed E-state index contributed by atoms with van der Waals surface area (Å²) in [6.45, 7) is 6.55. The van der Waals surface area contributed by atoms with Crippen molar-refractivity contribution in [2.75, 3.05) is 27.2 Å². The highest BCUT2D eigenvalue weighted by molar-refractivity contribution is 5.37. The molecule has 4 nitrogen and oxygen atoms in total. The van der Waals surface area contributed by atoms with Crippen molar-refractivity contribution in [1.29, 1.82) is 0 Å². The number of hydroxylamine groups is 3. The molecule has 0 spiro atoms. The van der Waals surface area contributed by atoms with E-state index in [1.54, 1.807) is 0 Å². The normalized spacial score (nSPS) is 12.2. The molecule has 0 unspecified atom stereocenters. The minimum atomic E-state index is 0.536. The highest BCUT2D eigenvalue weighted by atomic mass is 16.7. The second kappa shape index (κ2) is 8.02. The molecule has 4 heteroatoms. The van der Waals surface area contributed by atoms with Gasteiger partial charge in [-0.25, -0.2) is 4.84 Å². The van der Waals surface area contributed by atoms with Gasteiger partial charge >= 0.3 is 0 Å². The summed E-state index contributed by atoms with van der Waals surface area (Å²) in [6, 6.07) is 8.20. The van der Waals surface area contributed by atoms with Gasteiger partial charge in [-0.1, -0.05) is 25.5 Å². The van der Waals surface area contributed by atoms with Crippen LogP contribution < -0.4 is 0 Å². The van der Waals surface area contributed by atoms with E-state index in [1.807, 2.05) is 19.1 Å². The first-order valence-corrected chi connectivity index (χ1v) is 7.01. The van der Waals surface area contributed by atoms with Crippen LogP contribution in [-0.2, 0) is 11.4 Å². The van der Waals surface area contributed by atoms with Crippen LogP contribution in [0, 0.1) is 0 Å². The summed E-state index contributed by atoms with van der Waals surface area (Å²) in [6.07, 6.45) is 2.25. The van der Waals surface area contributed by atoms with Crippen molar-refractivity contribution >= 4 is 5.69 Å². The fraction of sp³-hybridized carbons (Fsp3) is 0.600. The number of quaternary nitrogens is 1. The molecule has 0 fully saturated rings. The fourth-order valence-corrected chi connectivity index (χ4v) is 1.86. The Morgan fingerprint density at radius 3 is 2.37 bits per heavy atom. The van der Waals surface area contributed by atoms with Gasteiger partial charge in [0.05, 0.1) is 26.3 Å². The van der Waals surface area contributed by atoms with Gasteiger partial charge in [0, 0.05) is 5.56 Å². The second-order valence-corrected chi connectivity index (χ2v) is 5.13. The number of rotatable bonds is 8. The molecule has 19 heavy (non-hydrogen) atoms. The lowest BCUT2D eigenvalue weighted by Crippen LogP contribution is -2.38. The molecule has 1 aromatic rings. The number of benzene rings is 1. The molecule has 0 aliphatic rings. The SMILES string of the molecule is CCCCN=Nc1ccc(C[N+](C)(C)OCC)cc1. The number of nitrogens with zero attached hydrogens (tertiary/aromatic N) is 3. The summed E-state index contributed by atoms with van der Waals surface area (Å²) in [5.41, 5.74) is 2.16. The van der Waals surface area contributed by atoms with Crippen LogP contribution in [0.1, 0.15) is 32.3 Å². The lowest BCUT2D eigenvalue weighted by atomic mass is 10.2. The summed E-state index contributed by atoms with van der Waals surface area (Å²) < 4.78 is 0.536. The number of hydrogen-bond acceptors (Lipinski definition) is 3. The smallest absolute Gasteiger partial charge is 0.134 e. The molecule has 0 saturated carbocycles. The lowest BCUT2D eigenvalue weighted by molar-refractivity contribution is -1.09. The molecule has 0 bridgehead atoms. The van der Waals surface area contributed by atoms with Crippen molar-refractivity contribution < 1.29 is 9.48 Å². The van der Waals surface area contributed by atoms with Crippen LogP contribution in [0.3, 0.4) is 0 Å². The van der Waals surface area contributed by atoms with E-state index in [0.717, 1.165) is 38.2 Å². The fourth-order valence-electron chi connectivity index (χ4n) is 1.86. The minimum absolute atomic E-state index is 0.536. The molecule has 0 aromatic heterocycles. The summed E-state index contributed by atoms with van der Waals surface area (Å²) in [4.78, 5) is 5.65. The van der Waals surface area contributed by atoms with E-state index in [2.05, 4.69) is 43.4 Å². The third-order valence-electron chi connectivity index (χ3n) is 2.78. The number of azo groups is 1. The van der Waals surface area contributed by atoms with E-state index in [-0.39, 0.29) is 0 Å². The Bertz CT molecular complexity index is 385. The average Bonchev–Trinajstić information content (AvgIpc) is 2.36. The van der Waals surface area contributed by atoms with E-state index in [1.165, 1.54) is 5.56 Å². The predicted octanol–water partition coefficient (Wildman–Crippen LogP) is 4.10. The molecule has 1 aromatic carbocycles. The molecule has 0 amide bonds. The lowest BCUT2D eigenvalue weighted by Gasteiger charge is -2.26. The van der Waals surface area contributed by atoms with Crippen LogP contribution in [0.2, 0.25) is 0 Å². The van der Waals surface area contributed by atoms with Crippen LogP contribution in [0.4, 0.5) is 5.69 Å². The first kappa shape index (κ1) is 15.8. The molecule has 0 aliphatic carbocycles. The number of unbranched alkanes of at least 4 members (excludes halogenated alkanes) is 1. The topological polar surface area (TPSA) is 34.0 Å². The van der Waals surface area contributed by atoms with E-state index in [0.29, 0.717) is 4.65 Å². The van der Waals surface area contributed by atoms with Gasteiger partial charge in [-0.05, 0) is 25.5 Å². The summed E-state index contributed by atoms with van der Waals surface area (Å²) in [5, 5.41) is 8.37. The van der Waals surface area contributed by atoms with Gasteiger partial charge in [0.25, 0.3) is 0 Å². The maximum Gasteiger partial charge on any atom is 0.134 e. The summed E-state index contributed by atoms with van der Waals surface area (Å²) in [5.74, 6) is 0. The Kier molecular flexibility index (Phi) is 6.67. The highest BCUT2D eigenvalue weighted by Crippen LogP contribution is 2.16. The van der Waals surface area contributed by atoms with E-state index < -0.39 is 0 Å². The molecule has 0 radical (unpaired) electrons. The Morgan fingerprint density at radius 1 is 1.11 bits per heavy atom. The maximum atomic E-state index is 5.65. The molecule has 0 N–H and O–H groups in total. The zero-order valence-electron chi connectivity index (χ0n) is 12.6. The van der Waals surface area contributed by atoms with Crippen molar-refractivity contribution in [3.63, 3.8) is 0 Å². The Morgan fingerprint density at radius 2 is 1.79 bits per heavy atom. The van der Waals surface area contributed by atoms with Crippen LogP contribution in [0.15, 0.2) is 34.5 Å². The van der Waals surface area contributed by atoms with Crippen molar-refractivity contribution in [3.05, 3.63) is 29.8 Å². The third kappa shape index (κ3) is 6.45. The predicted molar refractivity (Wildman–Crippen MR) is 78.2 cm³/mol. The van der Waals surface area contributed by atoms with Crippen LogP contribution in [-0.4, -0.2) is 31.9 Å². The van der Waals surface area contributed by atoms with Crippen LogP contribution >= 0.6 is 0 Å². The van der Waals surface area contributed by atoms with Gasteiger partial charge in [0.2, 0.25) is 0 Å². The molecule has 0 atom stereocenters. The summed E-state index contributed by atoms with van der Waals surface area (Å²) >= 11 is 0. The van der Waals surface area contributed by atoms with Gasteiger partial charge in [-0.2, -0.15) is 14.9 Å². The maximum absolute atomic E-state index is 5.65. The largest absolute Gasteiger partial charge is 0.203 e. The third-order valence-corrected chi connectivity index (χ3v) is 2.78. The van der Waals surface area contributed by atoms with Crippen molar-refractivity contribution in [2.45, 2.75) is 33.2 Å². The van der Waals surface area contributed by atoms with Gasteiger partial charge < -0.3 is 0 Å². The zero-order chi connectivity index (χ0) is 14.1. The number of hydrogen-bond donors (Lipinski definition) is 0. The zero-order valence-corrected chi connectivity index (χ0v) is 12.6. The first-order chi connectivity index (χ1) is 9.07. The monoisotopic (exact) mass is 264 g/mol. The van der Waals surface area contributed by atoms with Crippen LogP contribution in [0.5, 0.6) is 0 Å². The van der Waals surface area contributed by atoms with Crippen molar-refractivity contribution in [3.8, 4) is 0 Å². The molecular weight excluding hydrogens is 238 g/mol. The quantitative estimate of drug-likeness (QED) is 0.301. The van der Waals surface area contributed by atoms with Gasteiger partial charge in [-0.3, -0.25) is 0 Å². The standard InChI is InChI=1S/C15H26N3O/c1-5-7-12-16-17-15-10-8-14(9-11-15)13-18(3,4)19-6-2/h8-11H,5-7,12-13H2,1-4H3/q+1. The second-order valence-electron chi connectivity index (χ2n) is 5.13. The van der Waals surface area contributed by atoms with Gasteiger partial charge in [0.15, 0.2) is 0 Å². The van der Waals surface area contributed by atoms with E-state index >= 15 is 0 Å². The van der Waals surface area contributed by atoms with Crippen LogP contribution in [0.25, 0.3) is 0 Å². The average molecular weight is 264 g/mol. The Labute approximate surface area is 116 Å². The molecule has 0 aliphatic heterocycles. The molecule has 106 valence electrons. The molecule has 1 rings (SSSR count). The van der Waals surface area contributed by atoms with Crippen molar-refractivity contribution in [1.82, 2.24) is 0 Å². The molecule has 0 heterocycles. The molecular formula is C15H26N3O+. The minimum Gasteiger partial charge on any atom is -0.203 e. The Balaban J connectivity index is 2.54. The van der Waals surface area contributed by atoms with Gasteiger partial charge in [0.1, 0.15) is 13.2 Å². The van der Waals surface area contributed by atoms with E-state index in [9.17, 15) is 0 Å². The summed E-state index contributed by atoms with van der Waals surface area (Å²) in [7, 11) is 4.11. The molecule has 0 saturated heterocycles. The van der Waals surface area contributed by atoms with Gasteiger partial charge in [-0.15, -0.1) is 0 Å². The van der Waals surface area contributed by atoms with E-state index in [4.69, 9.17) is 4.84 Å². The van der Waals surface area contributed by atoms with Crippen molar-refractivity contribution in [2.24, 2.45) is 10.2 Å².